The van der Waals surface area contributed by atoms with Gasteiger partial charge in [0.05, 0.1) is 22.0 Å². The second-order valence-electron chi connectivity index (χ2n) is 7.55. The normalized spacial score (nSPS) is 14.9. The van der Waals surface area contributed by atoms with Crippen LogP contribution in [0.25, 0.3) is 0 Å². The van der Waals surface area contributed by atoms with Crippen LogP contribution in [-0.4, -0.2) is 30.4 Å². The zero-order valence-corrected chi connectivity index (χ0v) is 19.3. The van der Waals surface area contributed by atoms with Crippen LogP contribution in [0.15, 0.2) is 52.3 Å². The van der Waals surface area contributed by atoms with Gasteiger partial charge in [-0.05, 0) is 62.1 Å². The molecular formula is C19H22ClF3NO6PS. The highest BCUT2D eigenvalue weighted by Crippen LogP contribution is 2.37. The minimum Gasteiger partial charge on any atom is -0.323 e. The molecule has 0 saturated heterocycles. The first-order valence-corrected chi connectivity index (χ1v) is 12.6. The van der Waals surface area contributed by atoms with E-state index in [4.69, 9.17) is 27.1 Å². The maximum atomic E-state index is 12.9. The highest BCUT2D eigenvalue weighted by atomic mass is 35.5. The first kappa shape index (κ1) is 26.8. The largest absolute Gasteiger partial charge is 0.469 e. The second kappa shape index (κ2) is 9.80. The molecule has 0 aliphatic rings. The van der Waals surface area contributed by atoms with Crippen LogP contribution in [0, 0.1) is 0 Å². The number of rotatable bonds is 9. The van der Waals surface area contributed by atoms with Gasteiger partial charge in [-0.15, -0.1) is 0 Å². The fraction of sp³-hybridized carbons (Fsp3) is 0.368. The van der Waals surface area contributed by atoms with Gasteiger partial charge >= 0.3 is 14.0 Å². The van der Waals surface area contributed by atoms with E-state index in [1.165, 1.54) is 18.2 Å². The van der Waals surface area contributed by atoms with Crippen molar-refractivity contribution in [2.45, 2.75) is 47.7 Å². The van der Waals surface area contributed by atoms with Gasteiger partial charge < -0.3 is 15.5 Å². The van der Waals surface area contributed by atoms with Crippen LogP contribution in [0.4, 0.5) is 13.2 Å². The van der Waals surface area contributed by atoms with Crippen molar-refractivity contribution in [2.24, 2.45) is 5.73 Å². The maximum Gasteiger partial charge on any atom is 0.469 e. The fourth-order valence-corrected chi connectivity index (χ4v) is 5.00. The first-order chi connectivity index (χ1) is 14.5. The Morgan fingerprint density at radius 2 is 1.75 bits per heavy atom. The van der Waals surface area contributed by atoms with Gasteiger partial charge in [0.2, 0.25) is 9.84 Å². The molecule has 0 heterocycles. The Labute approximate surface area is 188 Å². The Bertz CT molecular complexity index is 1120. The molecule has 32 heavy (non-hydrogen) atoms. The molecule has 0 radical (unpaired) electrons. The van der Waals surface area contributed by atoms with E-state index in [2.05, 4.69) is 4.52 Å². The topological polar surface area (TPSA) is 127 Å². The highest BCUT2D eigenvalue weighted by molar-refractivity contribution is 7.91. The van der Waals surface area contributed by atoms with E-state index >= 15 is 0 Å². The van der Waals surface area contributed by atoms with E-state index in [1.807, 2.05) is 0 Å². The zero-order chi connectivity index (χ0) is 24.4. The number of halogens is 4. The number of phosphoric acid groups is 1. The molecule has 13 heteroatoms. The predicted molar refractivity (Wildman–Crippen MR) is 112 cm³/mol. The lowest BCUT2D eigenvalue weighted by molar-refractivity contribution is -0.137. The Morgan fingerprint density at radius 3 is 2.31 bits per heavy atom. The average Bonchev–Trinajstić information content (AvgIpc) is 2.66. The van der Waals surface area contributed by atoms with Gasteiger partial charge in [0.1, 0.15) is 0 Å². The van der Waals surface area contributed by atoms with Crippen LogP contribution in [0.3, 0.4) is 0 Å². The molecule has 2 aromatic rings. The molecular weight excluding hydrogens is 494 g/mol. The fourth-order valence-electron chi connectivity index (χ4n) is 2.86. The van der Waals surface area contributed by atoms with Crippen molar-refractivity contribution >= 4 is 29.3 Å². The molecule has 0 saturated carbocycles. The lowest BCUT2D eigenvalue weighted by Gasteiger charge is -2.24. The Morgan fingerprint density at radius 1 is 1.12 bits per heavy atom. The highest BCUT2D eigenvalue weighted by Gasteiger charge is 2.32. The van der Waals surface area contributed by atoms with Crippen LogP contribution in [0.2, 0.25) is 5.02 Å². The van der Waals surface area contributed by atoms with Crippen molar-refractivity contribution < 1.29 is 40.5 Å². The van der Waals surface area contributed by atoms with Gasteiger partial charge in [0.25, 0.3) is 0 Å². The van der Waals surface area contributed by atoms with Gasteiger partial charge in [-0.1, -0.05) is 23.7 Å². The molecule has 0 unspecified atom stereocenters. The standard InChI is InChI=1S/C19H22ClF3NO6PS/c1-18(24,12-30-31(25,26)27)9-3-4-13-7-8-16(11-17(13)20)32(28,29)15-6-2-5-14(10-15)19(21,22)23/h2,5-8,10-11H,3-4,9,12,24H2,1H3,(H2,25,26,27)/t18-/m1/s1. The van der Waals surface area contributed by atoms with Crippen molar-refractivity contribution in [1.82, 2.24) is 0 Å². The number of nitrogens with two attached hydrogens (primary N) is 1. The van der Waals surface area contributed by atoms with Crippen LogP contribution >= 0.6 is 19.4 Å². The molecule has 0 aliphatic carbocycles. The predicted octanol–water partition coefficient (Wildman–Crippen LogP) is 4.34. The summed E-state index contributed by atoms with van der Waals surface area (Å²) in [7, 11) is -8.86. The average molecular weight is 516 g/mol. The number of sulfone groups is 1. The zero-order valence-electron chi connectivity index (χ0n) is 16.8. The number of phosphoric ester groups is 1. The summed E-state index contributed by atoms with van der Waals surface area (Å²) in [5, 5.41) is 0.114. The molecule has 0 amide bonds. The van der Waals surface area contributed by atoms with E-state index in [9.17, 15) is 26.2 Å². The molecule has 0 fully saturated rings. The number of alkyl halides is 3. The van der Waals surface area contributed by atoms with Crippen molar-refractivity contribution in [3.63, 3.8) is 0 Å². The molecule has 0 spiro atoms. The van der Waals surface area contributed by atoms with Crippen molar-refractivity contribution in [3.05, 3.63) is 58.6 Å². The molecule has 1 atom stereocenters. The van der Waals surface area contributed by atoms with Gasteiger partial charge in [-0.25, -0.2) is 13.0 Å². The summed E-state index contributed by atoms with van der Waals surface area (Å²) >= 11 is 6.19. The third-order valence-corrected chi connectivity index (χ3v) is 7.13. The number of hydrogen-bond acceptors (Lipinski definition) is 5. The molecule has 0 aliphatic heterocycles. The lowest BCUT2D eigenvalue weighted by atomic mass is 9.95. The SMILES string of the molecule is C[C@@](N)(CCCc1ccc(S(=O)(=O)c2cccc(C(F)(F)F)c2)cc1Cl)COP(=O)(O)O. The van der Waals surface area contributed by atoms with Gasteiger partial charge in [-0.2, -0.15) is 13.2 Å². The molecule has 7 nitrogen and oxygen atoms in total. The molecule has 0 bridgehead atoms. The minimum absolute atomic E-state index is 0.114. The summed E-state index contributed by atoms with van der Waals surface area (Å²) < 4.78 is 79.5. The minimum atomic E-state index is -4.68. The van der Waals surface area contributed by atoms with Gasteiger partial charge in [0, 0.05) is 10.6 Å². The summed E-state index contributed by atoms with van der Waals surface area (Å²) in [4.78, 5) is 16.8. The third kappa shape index (κ3) is 7.55. The smallest absolute Gasteiger partial charge is 0.323 e. The number of aryl methyl sites for hydroxylation is 1. The lowest BCUT2D eigenvalue weighted by Crippen LogP contribution is -2.40. The van der Waals surface area contributed by atoms with Crippen LogP contribution < -0.4 is 5.73 Å². The molecule has 4 N–H and O–H groups in total. The summed E-state index contributed by atoms with van der Waals surface area (Å²) in [6, 6.07) is 7.34. The molecule has 178 valence electrons. The monoisotopic (exact) mass is 515 g/mol. The Hall–Kier alpha value is -1.46. The van der Waals surface area contributed by atoms with Crippen molar-refractivity contribution in [2.75, 3.05) is 6.61 Å². The first-order valence-electron chi connectivity index (χ1n) is 9.21. The van der Waals surface area contributed by atoms with E-state index in [0.717, 1.165) is 18.2 Å². The number of hydrogen-bond donors (Lipinski definition) is 3. The summed E-state index contributed by atoms with van der Waals surface area (Å²) in [5.74, 6) is 0. The summed E-state index contributed by atoms with van der Waals surface area (Å²) in [6.45, 7) is 1.20. The van der Waals surface area contributed by atoms with Crippen LogP contribution in [-0.2, 0) is 31.5 Å². The summed E-state index contributed by atoms with van der Waals surface area (Å²) in [5.41, 5.74) is 4.45. The summed E-state index contributed by atoms with van der Waals surface area (Å²) in [6.07, 6.45) is -3.52. The van der Waals surface area contributed by atoms with E-state index < -0.39 is 39.8 Å². The molecule has 2 rings (SSSR count). The maximum absolute atomic E-state index is 12.9. The van der Waals surface area contributed by atoms with Gasteiger partial charge in [-0.3, -0.25) is 4.52 Å². The Kier molecular flexibility index (Phi) is 8.21. The quantitative estimate of drug-likeness (QED) is 0.424. The van der Waals surface area contributed by atoms with E-state index in [-0.39, 0.29) is 16.5 Å². The molecule has 0 aromatic heterocycles. The van der Waals surface area contributed by atoms with E-state index in [1.54, 1.807) is 6.92 Å². The van der Waals surface area contributed by atoms with Crippen LogP contribution in [0.1, 0.15) is 30.9 Å². The Balaban J connectivity index is 2.12. The molecule has 2 aromatic carbocycles. The van der Waals surface area contributed by atoms with Crippen LogP contribution in [0.5, 0.6) is 0 Å². The van der Waals surface area contributed by atoms with Gasteiger partial charge in [0.15, 0.2) is 0 Å². The van der Waals surface area contributed by atoms with Crippen molar-refractivity contribution in [1.29, 1.82) is 0 Å². The van der Waals surface area contributed by atoms with E-state index in [0.29, 0.717) is 30.9 Å². The number of benzene rings is 2. The third-order valence-electron chi connectivity index (χ3n) is 4.56. The second-order valence-corrected chi connectivity index (χ2v) is 11.2. The van der Waals surface area contributed by atoms with Crippen molar-refractivity contribution in [3.8, 4) is 0 Å².